The molecule has 5 heteroatoms. The van der Waals surface area contributed by atoms with Gasteiger partial charge in [0.1, 0.15) is 5.75 Å². The fraction of sp³-hybridized carbons (Fsp3) is 0.455. The van der Waals surface area contributed by atoms with E-state index < -0.39 is 12.5 Å². The van der Waals surface area contributed by atoms with Gasteiger partial charge < -0.3 is 4.74 Å². The van der Waals surface area contributed by atoms with Crippen LogP contribution in [0.15, 0.2) is 24.3 Å². The van der Waals surface area contributed by atoms with Gasteiger partial charge in [0.2, 0.25) is 0 Å². The van der Waals surface area contributed by atoms with E-state index in [1.165, 1.54) is 12.1 Å². The van der Waals surface area contributed by atoms with E-state index >= 15 is 0 Å². The van der Waals surface area contributed by atoms with Crippen LogP contribution in [0.2, 0.25) is 0 Å². The SMILES string of the molecule is CCCc1ccc(OC(F)(F)C(F)F)cc1. The summed E-state index contributed by atoms with van der Waals surface area (Å²) in [5.74, 6) is -0.259. The lowest BCUT2D eigenvalue weighted by atomic mass is 10.1. The van der Waals surface area contributed by atoms with Crippen LogP contribution in [0.25, 0.3) is 0 Å². The van der Waals surface area contributed by atoms with E-state index in [0.29, 0.717) is 0 Å². The van der Waals surface area contributed by atoms with Crippen LogP contribution in [0.5, 0.6) is 5.75 Å². The van der Waals surface area contributed by atoms with E-state index in [1.807, 2.05) is 6.92 Å². The first-order valence-electron chi connectivity index (χ1n) is 4.89. The molecule has 90 valence electrons. The Hall–Kier alpha value is -1.26. The van der Waals surface area contributed by atoms with Crippen LogP contribution < -0.4 is 4.74 Å². The molecule has 0 N–H and O–H groups in total. The minimum Gasteiger partial charge on any atom is -0.428 e. The summed E-state index contributed by atoms with van der Waals surface area (Å²) in [6, 6.07) is 5.70. The smallest absolute Gasteiger partial charge is 0.428 e. The van der Waals surface area contributed by atoms with E-state index in [0.717, 1.165) is 18.4 Å². The average molecular weight is 236 g/mol. The maximum absolute atomic E-state index is 12.5. The van der Waals surface area contributed by atoms with Gasteiger partial charge in [-0.15, -0.1) is 0 Å². The number of benzene rings is 1. The third kappa shape index (κ3) is 3.40. The Balaban J connectivity index is 2.68. The van der Waals surface area contributed by atoms with Gasteiger partial charge in [0.25, 0.3) is 0 Å². The second-order valence-electron chi connectivity index (χ2n) is 3.36. The quantitative estimate of drug-likeness (QED) is 0.705. The molecule has 0 saturated carbocycles. The number of aryl methyl sites for hydroxylation is 1. The number of rotatable bonds is 5. The lowest BCUT2D eigenvalue weighted by Crippen LogP contribution is -2.33. The van der Waals surface area contributed by atoms with Crippen molar-refractivity contribution in [3.63, 3.8) is 0 Å². The number of hydrogen-bond donors (Lipinski definition) is 0. The van der Waals surface area contributed by atoms with Gasteiger partial charge in [0.05, 0.1) is 0 Å². The standard InChI is InChI=1S/C11H12F4O/c1-2-3-8-4-6-9(7-5-8)16-11(14,15)10(12)13/h4-7,10H,2-3H2,1H3. The van der Waals surface area contributed by atoms with Crippen molar-refractivity contribution in [1.82, 2.24) is 0 Å². The number of alkyl halides is 4. The maximum atomic E-state index is 12.5. The van der Waals surface area contributed by atoms with Crippen molar-refractivity contribution in [2.45, 2.75) is 32.3 Å². The van der Waals surface area contributed by atoms with Crippen LogP contribution >= 0.6 is 0 Å². The number of ether oxygens (including phenoxy) is 1. The molecule has 0 aliphatic heterocycles. The summed E-state index contributed by atoms with van der Waals surface area (Å²) in [6.07, 6.45) is -6.53. The first kappa shape index (κ1) is 12.8. The molecule has 1 aromatic carbocycles. The van der Waals surface area contributed by atoms with Gasteiger partial charge >= 0.3 is 12.5 Å². The van der Waals surface area contributed by atoms with Crippen LogP contribution in [0, 0.1) is 0 Å². The fourth-order valence-corrected chi connectivity index (χ4v) is 1.21. The number of hydrogen-bond acceptors (Lipinski definition) is 1. The van der Waals surface area contributed by atoms with Crippen LogP contribution in [0.1, 0.15) is 18.9 Å². The molecule has 0 aliphatic rings. The first-order chi connectivity index (χ1) is 7.45. The third-order valence-electron chi connectivity index (χ3n) is 1.97. The molecule has 0 atom stereocenters. The summed E-state index contributed by atoms with van der Waals surface area (Å²) in [7, 11) is 0. The lowest BCUT2D eigenvalue weighted by Gasteiger charge is -2.16. The monoisotopic (exact) mass is 236 g/mol. The van der Waals surface area contributed by atoms with Crippen molar-refractivity contribution < 1.29 is 22.3 Å². The Morgan fingerprint density at radius 2 is 1.75 bits per heavy atom. The molecule has 0 aliphatic carbocycles. The molecule has 16 heavy (non-hydrogen) atoms. The molecule has 0 spiro atoms. The molecule has 0 unspecified atom stereocenters. The van der Waals surface area contributed by atoms with Crippen molar-refractivity contribution >= 4 is 0 Å². The molecular formula is C11H12F4O. The van der Waals surface area contributed by atoms with Crippen LogP contribution in [-0.4, -0.2) is 12.5 Å². The van der Waals surface area contributed by atoms with Gasteiger partial charge in [0.15, 0.2) is 0 Å². The van der Waals surface area contributed by atoms with E-state index in [9.17, 15) is 17.6 Å². The zero-order chi connectivity index (χ0) is 12.2. The van der Waals surface area contributed by atoms with E-state index in [1.54, 1.807) is 12.1 Å². The zero-order valence-corrected chi connectivity index (χ0v) is 8.72. The highest BCUT2D eigenvalue weighted by atomic mass is 19.3. The molecule has 0 fully saturated rings. The van der Waals surface area contributed by atoms with Crippen LogP contribution in [0.4, 0.5) is 17.6 Å². The van der Waals surface area contributed by atoms with Crippen molar-refractivity contribution in [3.05, 3.63) is 29.8 Å². The van der Waals surface area contributed by atoms with Crippen molar-refractivity contribution in [3.8, 4) is 5.75 Å². The summed E-state index contributed by atoms with van der Waals surface area (Å²) in [5, 5.41) is 0. The average Bonchev–Trinajstić information content (AvgIpc) is 2.21. The highest BCUT2D eigenvalue weighted by molar-refractivity contribution is 5.27. The highest BCUT2D eigenvalue weighted by Gasteiger charge is 2.43. The Labute approximate surface area is 91.0 Å². The molecular weight excluding hydrogens is 224 g/mol. The van der Waals surface area contributed by atoms with Gasteiger partial charge in [-0.2, -0.15) is 17.6 Å². The summed E-state index contributed by atoms with van der Waals surface area (Å²) in [5.41, 5.74) is 0.954. The zero-order valence-electron chi connectivity index (χ0n) is 8.72. The third-order valence-corrected chi connectivity index (χ3v) is 1.97. The predicted octanol–water partition coefficient (Wildman–Crippen LogP) is 3.88. The highest BCUT2D eigenvalue weighted by Crippen LogP contribution is 2.27. The van der Waals surface area contributed by atoms with Gasteiger partial charge in [0, 0.05) is 0 Å². The van der Waals surface area contributed by atoms with Gasteiger partial charge in [-0.05, 0) is 24.1 Å². The van der Waals surface area contributed by atoms with Crippen molar-refractivity contribution in [2.24, 2.45) is 0 Å². The van der Waals surface area contributed by atoms with Crippen molar-refractivity contribution in [2.75, 3.05) is 0 Å². The maximum Gasteiger partial charge on any atom is 0.461 e. The van der Waals surface area contributed by atoms with Gasteiger partial charge in [-0.25, -0.2) is 0 Å². The molecule has 1 rings (SSSR count). The normalized spacial score (nSPS) is 11.9. The largest absolute Gasteiger partial charge is 0.461 e. The molecule has 0 aromatic heterocycles. The molecule has 0 amide bonds. The molecule has 1 aromatic rings. The van der Waals surface area contributed by atoms with Gasteiger partial charge in [-0.1, -0.05) is 25.5 Å². The summed E-state index contributed by atoms with van der Waals surface area (Å²) in [6.45, 7) is 1.98. The second-order valence-corrected chi connectivity index (χ2v) is 3.36. The predicted molar refractivity (Wildman–Crippen MR) is 52.0 cm³/mol. The van der Waals surface area contributed by atoms with Gasteiger partial charge in [-0.3, -0.25) is 0 Å². The molecule has 0 heterocycles. The van der Waals surface area contributed by atoms with E-state index in [4.69, 9.17) is 0 Å². The minimum atomic E-state index is -4.44. The first-order valence-corrected chi connectivity index (χ1v) is 4.89. The minimum absolute atomic E-state index is 0.259. The molecule has 0 radical (unpaired) electrons. The van der Waals surface area contributed by atoms with Crippen LogP contribution in [-0.2, 0) is 6.42 Å². The molecule has 1 nitrogen and oxygen atoms in total. The Morgan fingerprint density at radius 3 is 2.19 bits per heavy atom. The topological polar surface area (TPSA) is 9.23 Å². The van der Waals surface area contributed by atoms with E-state index in [-0.39, 0.29) is 5.75 Å². The lowest BCUT2D eigenvalue weighted by molar-refractivity contribution is -0.253. The van der Waals surface area contributed by atoms with Crippen molar-refractivity contribution in [1.29, 1.82) is 0 Å². The summed E-state index contributed by atoms with van der Waals surface area (Å²) < 4.78 is 52.6. The Morgan fingerprint density at radius 1 is 1.19 bits per heavy atom. The summed E-state index contributed by atoms with van der Waals surface area (Å²) >= 11 is 0. The number of halogens is 4. The molecule has 0 saturated heterocycles. The second kappa shape index (κ2) is 5.18. The summed E-state index contributed by atoms with van der Waals surface area (Å²) in [4.78, 5) is 0. The van der Waals surface area contributed by atoms with E-state index in [2.05, 4.69) is 4.74 Å². The Bertz CT molecular complexity index is 321. The molecule has 0 bridgehead atoms. The Kier molecular flexibility index (Phi) is 4.15. The van der Waals surface area contributed by atoms with Crippen LogP contribution in [0.3, 0.4) is 0 Å². The fourth-order valence-electron chi connectivity index (χ4n) is 1.21.